The number of carbonyl (C=O) groups excluding carboxylic acids is 3. The van der Waals surface area contributed by atoms with E-state index >= 15 is 0 Å². The highest BCUT2D eigenvalue weighted by molar-refractivity contribution is 5.71. The normalized spacial score (nSPS) is 13.3. The predicted octanol–water partition coefficient (Wildman–Crippen LogP) is 19.8. The second-order valence-electron chi connectivity index (χ2n) is 18.4. The second-order valence-corrected chi connectivity index (χ2v) is 18.4. The molecule has 0 N–H and O–H groups in total. The fourth-order valence-electron chi connectivity index (χ4n) is 7.25. The van der Waals surface area contributed by atoms with Gasteiger partial charge in [-0.05, 0) is 128 Å². The maximum atomic E-state index is 12.8. The number of hydrogen-bond donors (Lipinski definition) is 0. The SMILES string of the molecule is CC/C=C\C/C=C\C/C=C\C/C=C\C/C=C\C/C=C\C/C=C\CCCCCC(=O)OCC(COC(=O)CCCCCCCCC)OC(=O)CCCCCC/C=C\C/C=C\C/C=C\C/C=C\C/C=C\C/C=C\CC. The molecule has 73 heavy (non-hydrogen) atoms. The summed E-state index contributed by atoms with van der Waals surface area (Å²) in [7, 11) is 0. The molecule has 0 radical (unpaired) electrons. The lowest BCUT2D eigenvalue weighted by Crippen LogP contribution is -2.30. The molecule has 6 nitrogen and oxygen atoms in total. The van der Waals surface area contributed by atoms with Crippen molar-refractivity contribution in [3.05, 3.63) is 158 Å². The van der Waals surface area contributed by atoms with E-state index < -0.39 is 6.10 Å². The average Bonchev–Trinajstić information content (AvgIpc) is 3.39. The van der Waals surface area contributed by atoms with E-state index in [0.717, 1.165) is 161 Å². The summed E-state index contributed by atoms with van der Waals surface area (Å²) in [6.45, 7) is 6.30. The van der Waals surface area contributed by atoms with Gasteiger partial charge in [-0.1, -0.05) is 237 Å². The molecule has 408 valence electrons. The molecule has 0 spiro atoms. The number of carbonyl (C=O) groups is 3. The van der Waals surface area contributed by atoms with Gasteiger partial charge >= 0.3 is 17.9 Å². The Kier molecular flexibility index (Phi) is 55.5. The van der Waals surface area contributed by atoms with Gasteiger partial charge in [0.2, 0.25) is 0 Å². The third-order valence-electron chi connectivity index (χ3n) is 11.5. The molecule has 0 aliphatic carbocycles. The first-order chi connectivity index (χ1) is 36.0. The van der Waals surface area contributed by atoms with E-state index in [1.54, 1.807) is 0 Å². The van der Waals surface area contributed by atoms with Crippen LogP contribution >= 0.6 is 0 Å². The van der Waals surface area contributed by atoms with Crippen LogP contribution < -0.4 is 0 Å². The molecule has 0 fully saturated rings. The molecule has 0 heterocycles. The van der Waals surface area contributed by atoms with Gasteiger partial charge in [0.05, 0.1) is 0 Å². The number of rotatable bonds is 50. The van der Waals surface area contributed by atoms with E-state index in [0.29, 0.717) is 12.8 Å². The first kappa shape index (κ1) is 68.0. The van der Waals surface area contributed by atoms with Gasteiger partial charge in [-0.2, -0.15) is 0 Å². The maximum Gasteiger partial charge on any atom is 0.306 e. The van der Waals surface area contributed by atoms with Gasteiger partial charge in [-0.25, -0.2) is 0 Å². The summed E-state index contributed by atoms with van der Waals surface area (Å²) in [5, 5.41) is 0. The van der Waals surface area contributed by atoms with E-state index in [2.05, 4.69) is 179 Å². The Hall–Kier alpha value is -4.97. The van der Waals surface area contributed by atoms with E-state index in [9.17, 15) is 14.4 Å². The molecule has 0 amide bonds. The minimum atomic E-state index is -0.811. The van der Waals surface area contributed by atoms with Crippen molar-refractivity contribution in [1.29, 1.82) is 0 Å². The van der Waals surface area contributed by atoms with E-state index in [-0.39, 0.29) is 37.5 Å². The zero-order chi connectivity index (χ0) is 52.9. The monoisotopic (exact) mass is 1000 g/mol. The summed E-state index contributed by atoms with van der Waals surface area (Å²) in [6, 6.07) is 0. The fraction of sp³-hybridized carbons (Fsp3) is 0.567. The highest BCUT2D eigenvalue weighted by Gasteiger charge is 2.19. The van der Waals surface area contributed by atoms with Gasteiger partial charge in [0, 0.05) is 19.3 Å². The molecule has 0 aliphatic heterocycles. The van der Waals surface area contributed by atoms with Crippen molar-refractivity contribution >= 4 is 17.9 Å². The Morgan fingerprint density at radius 1 is 0.288 bits per heavy atom. The van der Waals surface area contributed by atoms with Crippen molar-refractivity contribution in [3.8, 4) is 0 Å². The van der Waals surface area contributed by atoms with Crippen molar-refractivity contribution < 1.29 is 28.6 Å². The molecule has 1 unspecified atom stereocenters. The van der Waals surface area contributed by atoms with Crippen molar-refractivity contribution in [2.75, 3.05) is 13.2 Å². The molecule has 0 aromatic carbocycles. The van der Waals surface area contributed by atoms with Gasteiger partial charge in [0.15, 0.2) is 6.10 Å². The molecule has 1 atom stereocenters. The minimum Gasteiger partial charge on any atom is -0.462 e. The van der Waals surface area contributed by atoms with Gasteiger partial charge in [-0.3, -0.25) is 14.4 Å². The van der Waals surface area contributed by atoms with Crippen LogP contribution in [0.3, 0.4) is 0 Å². The van der Waals surface area contributed by atoms with E-state index in [1.807, 2.05) is 0 Å². The minimum absolute atomic E-state index is 0.106. The van der Waals surface area contributed by atoms with Crippen molar-refractivity contribution in [1.82, 2.24) is 0 Å². The summed E-state index contributed by atoms with van der Waals surface area (Å²) in [6.07, 6.45) is 86.8. The van der Waals surface area contributed by atoms with E-state index in [1.165, 1.54) is 25.7 Å². The van der Waals surface area contributed by atoms with Crippen LogP contribution in [0.2, 0.25) is 0 Å². The largest absolute Gasteiger partial charge is 0.462 e. The number of allylic oxidation sites excluding steroid dienone is 26. The summed E-state index contributed by atoms with van der Waals surface area (Å²) >= 11 is 0. The van der Waals surface area contributed by atoms with Gasteiger partial charge < -0.3 is 14.2 Å². The van der Waals surface area contributed by atoms with Crippen LogP contribution in [-0.2, 0) is 28.6 Å². The molecule has 0 aromatic heterocycles. The zero-order valence-electron chi connectivity index (χ0n) is 46.6. The second kappa shape index (κ2) is 59.6. The van der Waals surface area contributed by atoms with Crippen molar-refractivity contribution in [2.24, 2.45) is 0 Å². The smallest absolute Gasteiger partial charge is 0.306 e. The Morgan fingerprint density at radius 2 is 0.534 bits per heavy atom. The lowest BCUT2D eigenvalue weighted by atomic mass is 10.1. The standard InChI is InChI=1S/C67H104O6/c1-4-7-10-13-16-18-20-22-24-26-28-30-32-33-35-36-38-40-42-44-46-48-51-54-57-60-66(69)72-63-64(62-71-65(68)59-56-53-50-15-12-9-6-3)73-67(70)61-58-55-52-49-47-45-43-41-39-37-34-31-29-27-25-23-21-19-17-14-11-8-5-2/h7-8,10-11,16-19,22-25,28-31,33,35,37-40,43-46,64H,4-6,9,12-15,20-21,26-27,32,34,36,41-42,47-63H2,1-3H3/b10-7-,11-8-,18-16-,19-17-,24-22-,25-23-,30-28-,31-29-,35-33-,39-37-,40-38-,45-43-,46-44-. The summed E-state index contributed by atoms with van der Waals surface area (Å²) in [5.41, 5.74) is 0. The van der Waals surface area contributed by atoms with Crippen LogP contribution in [0.25, 0.3) is 0 Å². The van der Waals surface area contributed by atoms with Crippen molar-refractivity contribution in [3.63, 3.8) is 0 Å². The third kappa shape index (κ3) is 57.8. The van der Waals surface area contributed by atoms with Crippen molar-refractivity contribution in [2.45, 2.75) is 232 Å². The van der Waals surface area contributed by atoms with Crippen LogP contribution in [0.15, 0.2) is 158 Å². The van der Waals surface area contributed by atoms with Crippen LogP contribution in [0.1, 0.15) is 226 Å². The Morgan fingerprint density at radius 3 is 0.849 bits per heavy atom. The van der Waals surface area contributed by atoms with Crippen LogP contribution in [0, 0.1) is 0 Å². The van der Waals surface area contributed by atoms with Crippen LogP contribution in [-0.4, -0.2) is 37.2 Å². The van der Waals surface area contributed by atoms with Crippen LogP contribution in [0.5, 0.6) is 0 Å². The Labute approximate surface area is 448 Å². The van der Waals surface area contributed by atoms with Gasteiger partial charge in [0.25, 0.3) is 0 Å². The molecule has 0 bridgehead atoms. The molecule has 0 saturated carbocycles. The van der Waals surface area contributed by atoms with Gasteiger partial charge in [-0.15, -0.1) is 0 Å². The maximum absolute atomic E-state index is 12.8. The first-order valence-corrected chi connectivity index (χ1v) is 29.0. The third-order valence-corrected chi connectivity index (χ3v) is 11.5. The summed E-state index contributed by atoms with van der Waals surface area (Å²) < 4.78 is 16.7. The highest BCUT2D eigenvalue weighted by atomic mass is 16.6. The highest BCUT2D eigenvalue weighted by Crippen LogP contribution is 2.12. The van der Waals surface area contributed by atoms with Crippen LogP contribution in [0.4, 0.5) is 0 Å². The number of ether oxygens (including phenoxy) is 3. The summed E-state index contributed by atoms with van der Waals surface area (Å²) in [4.78, 5) is 38.0. The lowest BCUT2D eigenvalue weighted by Gasteiger charge is -2.18. The zero-order valence-corrected chi connectivity index (χ0v) is 46.6. The molecule has 0 rings (SSSR count). The fourth-order valence-corrected chi connectivity index (χ4v) is 7.25. The Bertz CT molecular complexity index is 1670. The molecule has 0 aliphatic rings. The number of esters is 3. The quantitative estimate of drug-likeness (QED) is 0.0261. The number of hydrogen-bond acceptors (Lipinski definition) is 6. The first-order valence-electron chi connectivity index (χ1n) is 29.0. The predicted molar refractivity (Wildman–Crippen MR) is 315 cm³/mol. The number of unbranched alkanes of at least 4 members (excludes halogenated alkanes) is 13. The molecule has 0 aromatic rings. The molecular weight excluding hydrogens is 901 g/mol. The molecule has 6 heteroatoms. The van der Waals surface area contributed by atoms with Gasteiger partial charge in [0.1, 0.15) is 13.2 Å². The molecular formula is C67H104O6. The summed E-state index contributed by atoms with van der Waals surface area (Å²) in [5.74, 6) is -0.982. The average molecular weight is 1010 g/mol. The Balaban J connectivity index is 4.37. The van der Waals surface area contributed by atoms with E-state index in [4.69, 9.17) is 14.2 Å². The lowest BCUT2D eigenvalue weighted by molar-refractivity contribution is -0.167. The molecule has 0 saturated heterocycles. The topological polar surface area (TPSA) is 78.9 Å².